The quantitative estimate of drug-likeness (QED) is 0.299. The van der Waals surface area contributed by atoms with E-state index in [4.69, 9.17) is 14.6 Å². The Morgan fingerprint density at radius 3 is 2.15 bits per heavy atom. The van der Waals surface area contributed by atoms with Crippen molar-refractivity contribution in [3.8, 4) is 11.5 Å². The summed E-state index contributed by atoms with van der Waals surface area (Å²) in [5, 5.41) is 24.2. The van der Waals surface area contributed by atoms with Crippen LogP contribution in [0.2, 0.25) is 0 Å². The molecular formula is C24H21BrN2O6. The first-order chi connectivity index (χ1) is 15.9. The summed E-state index contributed by atoms with van der Waals surface area (Å²) in [6.45, 7) is -0.532. The van der Waals surface area contributed by atoms with Crippen LogP contribution in [-0.2, 0) is 15.2 Å². The molecule has 3 rings (SSSR count). The molecule has 3 aromatic rings. The van der Waals surface area contributed by atoms with Crippen LogP contribution in [-0.4, -0.2) is 42.0 Å². The average Bonchev–Trinajstić information content (AvgIpc) is 2.83. The summed E-state index contributed by atoms with van der Waals surface area (Å²) < 4.78 is 10.9. The Hall–Kier alpha value is -3.69. The number of rotatable bonds is 9. The number of hydrazone groups is 1. The van der Waals surface area contributed by atoms with E-state index in [1.807, 2.05) is 0 Å². The van der Waals surface area contributed by atoms with E-state index >= 15 is 0 Å². The van der Waals surface area contributed by atoms with Gasteiger partial charge in [0.2, 0.25) is 0 Å². The van der Waals surface area contributed by atoms with E-state index in [-0.39, 0.29) is 11.5 Å². The number of aliphatic carboxylic acids is 1. The zero-order chi connectivity index (χ0) is 23.8. The summed E-state index contributed by atoms with van der Waals surface area (Å²) >= 11 is 3.32. The summed E-state index contributed by atoms with van der Waals surface area (Å²) in [5.74, 6) is -1.35. The number of carbonyl (C=O) groups is 2. The van der Waals surface area contributed by atoms with Crippen molar-refractivity contribution in [1.82, 2.24) is 5.43 Å². The molecule has 0 aliphatic carbocycles. The zero-order valence-electron chi connectivity index (χ0n) is 17.6. The molecule has 0 atom stereocenters. The fourth-order valence-electron chi connectivity index (χ4n) is 3.12. The summed E-state index contributed by atoms with van der Waals surface area (Å²) in [7, 11) is 1.41. The normalized spacial score (nSPS) is 11.2. The first-order valence-electron chi connectivity index (χ1n) is 9.75. The number of aliphatic hydroxyl groups is 1. The van der Waals surface area contributed by atoms with Crippen molar-refractivity contribution in [1.29, 1.82) is 0 Å². The molecule has 0 aliphatic heterocycles. The molecule has 1 amide bonds. The lowest BCUT2D eigenvalue weighted by atomic mass is 9.85. The second kappa shape index (κ2) is 10.8. The lowest BCUT2D eigenvalue weighted by molar-refractivity contribution is -0.139. The van der Waals surface area contributed by atoms with Gasteiger partial charge in [0.15, 0.2) is 23.7 Å². The number of nitrogens with zero attached hydrogens (tertiary/aromatic N) is 1. The van der Waals surface area contributed by atoms with Crippen molar-refractivity contribution in [2.75, 3.05) is 13.7 Å². The first-order valence-corrected chi connectivity index (χ1v) is 10.5. The third kappa shape index (κ3) is 5.57. The molecule has 0 spiro atoms. The summed E-state index contributed by atoms with van der Waals surface area (Å²) in [6.07, 6.45) is 1.36. The van der Waals surface area contributed by atoms with E-state index in [9.17, 15) is 14.7 Å². The Morgan fingerprint density at radius 2 is 1.64 bits per heavy atom. The van der Waals surface area contributed by atoms with Gasteiger partial charge in [0.05, 0.1) is 17.8 Å². The van der Waals surface area contributed by atoms with Crippen LogP contribution < -0.4 is 14.9 Å². The Bertz CT molecular complexity index is 1110. The first kappa shape index (κ1) is 24.0. The van der Waals surface area contributed by atoms with Crippen LogP contribution in [0.3, 0.4) is 0 Å². The Labute approximate surface area is 198 Å². The summed E-state index contributed by atoms with van der Waals surface area (Å²) in [5.41, 5.74) is 1.77. The van der Waals surface area contributed by atoms with Crippen LogP contribution >= 0.6 is 15.9 Å². The highest BCUT2D eigenvalue weighted by molar-refractivity contribution is 9.10. The van der Waals surface area contributed by atoms with Crippen LogP contribution in [0.25, 0.3) is 0 Å². The molecule has 170 valence electrons. The second-order valence-corrected chi connectivity index (χ2v) is 7.71. The monoisotopic (exact) mass is 512 g/mol. The minimum absolute atomic E-state index is 0.226. The van der Waals surface area contributed by atoms with Gasteiger partial charge in [-0.25, -0.2) is 10.2 Å². The number of hydrogen-bond acceptors (Lipinski definition) is 6. The van der Waals surface area contributed by atoms with Gasteiger partial charge in [-0.1, -0.05) is 60.7 Å². The van der Waals surface area contributed by atoms with Crippen molar-refractivity contribution in [3.63, 3.8) is 0 Å². The van der Waals surface area contributed by atoms with Gasteiger partial charge in [-0.05, 0) is 44.8 Å². The SMILES string of the molecule is COc1cc(/C=N\NC(=O)C(O)(c2ccccc2)c2ccccc2)cc(Br)c1OCC(=O)O. The highest BCUT2D eigenvalue weighted by Gasteiger charge is 2.39. The number of carboxylic acid groups (broad SMARTS) is 1. The molecule has 9 heteroatoms. The van der Waals surface area contributed by atoms with Gasteiger partial charge in [0, 0.05) is 0 Å². The molecular weight excluding hydrogens is 492 g/mol. The van der Waals surface area contributed by atoms with Crippen LogP contribution in [0.15, 0.2) is 82.4 Å². The molecule has 8 nitrogen and oxygen atoms in total. The maximum absolute atomic E-state index is 13.1. The number of ether oxygens (including phenoxy) is 2. The highest BCUT2D eigenvalue weighted by atomic mass is 79.9. The van der Waals surface area contributed by atoms with Crippen molar-refractivity contribution in [3.05, 3.63) is 94.0 Å². The Balaban J connectivity index is 1.84. The number of nitrogens with one attached hydrogen (secondary N) is 1. The Kier molecular flexibility index (Phi) is 7.81. The van der Waals surface area contributed by atoms with Crippen molar-refractivity contribution >= 4 is 34.0 Å². The van der Waals surface area contributed by atoms with Gasteiger partial charge in [-0.3, -0.25) is 4.79 Å². The molecule has 0 aliphatic rings. The summed E-state index contributed by atoms with van der Waals surface area (Å²) in [6, 6.07) is 20.4. The number of benzene rings is 3. The predicted molar refractivity (Wildman–Crippen MR) is 125 cm³/mol. The minimum atomic E-state index is -1.95. The highest BCUT2D eigenvalue weighted by Crippen LogP contribution is 2.36. The third-order valence-corrected chi connectivity index (χ3v) is 5.27. The second-order valence-electron chi connectivity index (χ2n) is 6.86. The molecule has 0 unspecified atom stereocenters. The Morgan fingerprint density at radius 1 is 1.06 bits per heavy atom. The number of carbonyl (C=O) groups excluding carboxylic acids is 1. The number of hydrogen-bond donors (Lipinski definition) is 3. The van der Waals surface area contributed by atoms with Crippen molar-refractivity contribution in [2.45, 2.75) is 5.60 Å². The van der Waals surface area contributed by atoms with Gasteiger partial charge in [0.1, 0.15) is 0 Å². The molecule has 3 N–H and O–H groups in total. The maximum atomic E-state index is 13.1. The molecule has 0 saturated heterocycles. The van der Waals surface area contributed by atoms with E-state index in [1.165, 1.54) is 13.3 Å². The van der Waals surface area contributed by atoms with Gasteiger partial charge >= 0.3 is 5.97 Å². The van der Waals surface area contributed by atoms with Gasteiger partial charge in [-0.15, -0.1) is 0 Å². The number of carboxylic acids is 1. The van der Waals surface area contributed by atoms with E-state index < -0.39 is 24.1 Å². The number of methoxy groups -OCH3 is 1. The molecule has 3 aromatic carbocycles. The largest absolute Gasteiger partial charge is 0.493 e. The van der Waals surface area contributed by atoms with E-state index in [1.54, 1.807) is 72.8 Å². The standard InChI is InChI=1S/C24H21BrN2O6/c1-32-20-13-16(12-19(25)22(20)33-15-21(28)29)14-26-27-23(30)24(31,17-8-4-2-5-9-17)18-10-6-3-7-11-18/h2-14,31H,15H2,1H3,(H,27,30)(H,28,29)/b26-14-. The molecule has 0 radical (unpaired) electrons. The zero-order valence-corrected chi connectivity index (χ0v) is 19.2. The number of amides is 1. The fourth-order valence-corrected chi connectivity index (χ4v) is 3.70. The smallest absolute Gasteiger partial charge is 0.341 e. The number of halogens is 1. The lowest BCUT2D eigenvalue weighted by Crippen LogP contribution is -2.43. The summed E-state index contributed by atoms with van der Waals surface area (Å²) in [4.78, 5) is 23.8. The van der Waals surface area contributed by atoms with E-state index in [2.05, 4.69) is 26.5 Å². The molecule has 0 fully saturated rings. The average molecular weight is 513 g/mol. The molecule has 0 heterocycles. The van der Waals surface area contributed by atoms with Crippen LogP contribution in [0.4, 0.5) is 0 Å². The minimum Gasteiger partial charge on any atom is -0.493 e. The lowest BCUT2D eigenvalue weighted by Gasteiger charge is -2.27. The molecule has 0 saturated carbocycles. The predicted octanol–water partition coefficient (Wildman–Crippen LogP) is 3.31. The molecule has 0 aromatic heterocycles. The van der Waals surface area contributed by atoms with Crippen molar-refractivity contribution < 1.29 is 29.3 Å². The van der Waals surface area contributed by atoms with E-state index in [0.717, 1.165) is 0 Å². The van der Waals surface area contributed by atoms with Crippen LogP contribution in [0, 0.1) is 0 Å². The van der Waals surface area contributed by atoms with Gasteiger partial charge in [-0.2, -0.15) is 5.10 Å². The van der Waals surface area contributed by atoms with Crippen LogP contribution in [0.5, 0.6) is 11.5 Å². The molecule has 0 bridgehead atoms. The third-order valence-electron chi connectivity index (χ3n) is 4.68. The topological polar surface area (TPSA) is 117 Å². The molecule has 33 heavy (non-hydrogen) atoms. The van der Waals surface area contributed by atoms with Gasteiger partial charge < -0.3 is 19.7 Å². The maximum Gasteiger partial charge on any atom is 0.341 e. The van der Waals surface area contributed by atoms with E-state index in [0.29, 0.717) is 21.2 Å². The van der Waals surface area contributed by atoms with Gasteiger partial charge in [0.25, 0.3) is 5.91 Å². The van der Waals surface area contributed by atoms with Crippen LogP contribution in [0.1, 0.15) is 16.7 Å². The van der Waals surface area contributed by atoms with Crippen molar-refractivity contribution in [2.24, 2.45) is 5.10 Å². The fraction of sp³-hybridized carbons (Fsp3) is 0.125.